The van der Waals surface area contributed by atoms with Crippen LogP contribution in [0.2, 0.25) is 0 Å². The molecule has 20 heavy (non-hydrogen) atoms. The smallest absolute Gasteiger partial charge is 0.251 e. The standard InChI is InChI=1S/C17H19NO2/c19-16(13-8-9-13)10-11-18-17(20)15-7-3-5-12-4-1-2-6-14(12)15/h1-7,13,16,19H,8-11H2,(H,18,20). The Labute approximate surface area is 118 Å². The number of hydrogen-bond donors (Lipinski definition) is 2. The molecule has 1 aliphatic carbocycles. The number of carbonyl (C=O) groups excluding carboxylic acids is 1. The van der Waals surface area contributed by atoms with E-state index in [0.29, 0.717) is 24.4 Å². The van der Waals surface area contributed by atoms with Crippen LogP contribution in [0.25, 0.3) is 10.8 Å². The third kappa shape index (κ3) is 2.83. The van der Waals surface area contributed by atoms with Gasteiger partial charge < -0.3 is 10.4 Å². The predicted octanol–water partition coefficient (Wildman–Crippen LogP) is 2.73. The van der Waals surface area contributed by atoms with Crippen LogP contribution in [-0.4, -0.2) is 23.7 Å². The van der Waals surface area contributed by atoms with Gasteiger partial charge in [-0.05, 0) is 42.0 Å². The molecular formula is C17H19NO2. The van der Waals surface area contributed by atoms with Crippen molar-refractivity contribution >= 4 is 16.7 Å². The van der Waals surface area contributed by atoms with E-state index in [4.69, 9.17) is 0 Å². The van der Waals surface area contributed by atoms with Crippen LogP contribution in [-0.2, 0) is 0 Å². The molecule has 2 N–H and O–H groups in total. The fourth-order valence-corrected chi connectivity index (χ4v) is 2.57. The Morgan fingerprint density at radius 1 is 1.20 bits per heavy atom. The Hall–Kier alpha value is -1.87. The molecule has 0 aromatic heterocycles. The van der Waals surface area contributed by atoms with Gasteiger partial charge in [-0.2, -0.15) is 0 Å². The number of aliphatic hydroxyl groups excluding tert-OH is 1. The van der Waals surface area contributed by atoms with Gasteiger partial charge >= 0.3 is 0 Å². The minimum atomic E-state index is -0.261. The van der Waals surface area contributed by atoms with Crippen molar-refractivity contribution < 1.29 is 9.90 Å². The summed E-state index contributed by atoms with van der Waals surface area (Å²) >= 11 is 0. The first-order valence-corrected chi connectivity index (χ1v) is 7.20. The highest BCUT2D eigenvalue weighted by molar-refractivity contribution is 6.06. The largest absolute Gasteiger partial charge is 0.393 e. The Bertz CT molecular complexity index is 614. The first-order chi connectivity index (χ1) is 9.75. The van der Waals surface area contributed by atoms with Crippen molar-refractivity contribution in [2.24, 2.45) is 5.92 Å². The summed E-state index contributed by atoms with van der Waals surface area (Å²) in [6.07, 6.45) is 2.63. The molecule has 0 bridgehead atoms. The molecule has 1 aliphatic rings. The van der Waals surface area contributed by atoms with Crippen molar-refractivity contribution in [2.75, 3.05) is 6.54 Å². The SMILES string of the molecule is O=C(NCCC(O)C1CC1)c1cccc2ccccc12. The number of aliphatic hydroxyl groups is 1. The zero-order chi connectivity index (χ0) is 13.9. The average Bonchev–Trinajstić information content (AvgIpc) is 3.31. The number of hydrogen-bond acceptors (Lipinski definition) is 2. The Morgan fingerprint density at radius 2 is 1.95 bits per heavy atom. The van der Waals surface area contributed by atoms with E-state index < -0.39 is 0 Å². The second kappa shape index (κ2) is 5.63. The van der Waals surface area contributed by atoms with E-state index in [9.17, 15) is 9.90 Å². The molecule has 1 fully saturated rings. The fraction of sp³-hybridized carbons (Fsp3) is 0.353. The van der Waals surface area contributed by atoms with E-state index in [-0.39, 0.29) is 12.0 Å². The summed E-state index contributed by atoms with van der Waals surface area (Å²) in [5.74, 6) is 0.397. The molecule has 0 saturated heterocycles. The van der Waals surface area contributed by atoms with Crippen molar-refractivity contribution in [3.8, 4) is 0 Å². The van der Waals surface area contributed by atoms with Crippen LogP contribution in [0.1, 0.15) is 29.6 Å². The average molecular weight is 269 g/mol. The highest BCUT2D eigenvalue weighted by Gasteiger charge is 2.29. The minimum Gasteiger partial charge on any atom is -0.393 e. The Kier molecular flexibility index (Phi) is 3.70. The van der Waals surface area contributed by atoms with Gasteiger partial charge in [0.25, 0.3) is 5.91 Å². The molecule has 0 aliphatic heterocycles. The molecule has 0 heterocycles. The maximum Gasteiger partial charge on any atom is 0.251 e. The topological polar surface area (TPSA) is 49.3 Å². The van der Waals surface area contributed by atoms with Gasteiger partial charge in [0.2, 0.25) is 0 Å². The molecule has 3 heteroatoms. The number of amides is 1. The van der Waals surface area contributed by atoms with Gasteiger partial charge in [-0.25, -0.2) is 0 Å². The maximum atomic E-state index is 12.2. The van der Waals surface area contributed by atoms with Crippen molar-refractivity contribution in [3.05, 3.63) is 48.0 Å². The van der Waals surface area contributed by atoms with Crippen LogP contribution in [0.4, 0.5) is 0 Å². The van der Waals surface area contributed by atoms with Gasteiger partial charge in [-0.15, -0.1) is 0 Å². The van der Waals surface area contributed by atoms with Gasteiger partial charge in [0, 0.05) is 12.1 Å². The quantitative estimate of drug-likeness (QED) is 0.877. The molecule has 1 saturated carbocycles. The highest BCUT2D eigenvalue weighted by Crippen LogP contribution is 2.33. The van der Waals surface area contributed by atoms with Crippen molar-refractivity contribution in [1.29, 1.82) is 0 Å². The van der Waals surface area contributed by atoms with Gasteiger partial charge in [0.1, 0.15) is 0 Å². The second-order valence-electron chi connectivity index (χ2n) is 5.48. The number of carbonyl (C=O) groups is 1. The summed E-state index contributed by atoms with van der Waals surface area (Å²) in [6.45, 7) is 0.528. The maximum absolute atomic E-state index is 12.2. The lowest BCUT2D eigenvalue weighted by Gasteiger charge is -2.11. The van der Waals surface area contributed by atoms with Gasteiger partial charge in [0.05, 0.1) is 6.10 Å². The minimum absolute atomic E-state index is 0.0650. The molecule has 0 spiro atoms. The molecule has 1 unspecified atom stereocenters. The molecule has 2 aromatic rings. The molecule has 1 amide bonds. The zero-order valence-corrected chi connectivity index (χ0v) is 11.4. The van der Waals surface area contributed by atoms with Crippen molar-refractivity contribution in [1.82, 2.24) is 5.32 Å². The normalized spacial score (nSPS) is 16.1. The summed E-state index contributed by atoms with van der Waals surface area (Å²) in [7, 11) is 0. The summed E-state index contributed by atoms with van der Waals surface area (Å²) < 4.78 is 0. The molecule has 3 rings (SSSR count). The lowest BCUT2D eigenvalue weighted by Crippen LogP contribution is -2.27. The van der Waals surface area contributed by atoms with Crippen molar-refractivity contribution in [3.63, 3.8) is 0 Å². The monoisotopic (exact) mass is 269 g/mol. The Morgan fingerprint density at radius 3 is 2.75 bits per heavy atom. The number of fused-ring (bicyclic) bond motifs is 1. The van der Waals surface area contributed by atoms with Crippen LogP contribution in [0, 0.1) is 5.92 Å². The van der Waals surface area contributed by atoms with E-state index in [2.05, 4.69) is 5.32 Å². The first kappa shape index (κ1) is 13.1. The number of benzene rings is 2. The van der Waals surface area contributed by atoms with Crippen LogP contribution in [0.15, 0.2) is 42.5 Å². The van der Waals surface area contributed by atoms with Crippen LogP contribution < -0.4 is 5.32 Å². The molecule has 104 valence electrons. The molecule has 0 radical (unpaired) electrons. The second-order valence-corrected chi connectivity index (χ2v) is 5.48. The molecular weight excluding hydrogens is 250 g/mol. The van der Waals surface area contributed by atoms with E-state index in [1.807, 2.05) is 42.5 Å². The number of nitrogens with one attached hydrogen (secondary N) is 1. The fourth-order valence-electron chi connectivity index (χ4n) is 2.57. The Balaban J connectivity index is 1.66. The molecule has 2 aromatic carbocycles. The summed E-state index contributed by atoms with van der Waals surface area (Å²) in [6, 6.07) is 13.6. The molecule has 3 nitrogen and oxygen atoms in total. The number of rotatable bonds is 5. The predicted molar refractivity (Wildman–Crippen MR) is 79.6 cm³/mol. The van der Waals surface area contributed by atoms with E-state index in [0.717, 1.165) is 23.6 Å². The lowest BCUT2D eigenvalue weighted by molar-refractivity contribution is 0.0938. The van der Waals surface area contributed by atoms with Gasteiger partial charge in [0.15, 0.2) is 0 Å². The van der Waals surface area contributed by atoms with E-state index in [1.54, 1.807) is 0 Å². The molecule has 1 atom stereocenters. The zero-order valence-electron chi connectivity index (χ0n) is 11.4. The van der Waals surface area contributed by atoms with Crippen LogP contribution in [0.5, 0.6) is 0 Å². The van der Waals surface area contributed by atoms with Gasteiger partial charge in [-0.3, -0.25) is 4.79 Å². The summed E-state index contributed by atoms with van der Waals surface area (Å²) in [4.78, 5) is 12.2. The summed E-state index contributed by atoms with van der Waals surface area (Å²) in [5, 5.41) is 14.7. The first-order valence-electron chi connectivity index (χ1n) is 7.20. The van der Waals surface area contributed by atoms with Gasteiger partial charge in [-0.1, -0.05) is 36.4 Å². The van der Waals surface area contributed by atoms with E-state index >= 15 is 0 Å². The van der Waals surface area contributed by atoms with Crippen LogP contribution in [0.3, 0.4) is 0 Å². The van der Waals surface area contributed by atoms with Crippen molar-refractivity contribution in [2.45, 2.75) is 25.4 Å². The summed E-state index contributed by atoms with van der Waals surface area (Å²) in [5.41, 5.74) is 0.698. The lowest BCUT2D eigenvalue weighted by atomic mass is 10.0. The third-order valence-electron chi connectivity index (χ3n) is 3.93. The van der Waals surface area contributed by atoms with E-state index in [1.165, 1.54) is 0 Å². The van der Waals surface area contributed by atoms with Crippen LogP contribution >= 0.6 is 0 Å². The third-order valence-corrected chi connectivity index (χ3v) is 3.93. The highest BCUT2D eigenvalue weighted by atomic mass is 16.3.